The molecule has 0 unspecified atom stereocenters. The Bertz CT molecular complexity index is 153. The van der Waals surface area contributed by atoms with Gasteiger partial charge in [0.05, 0.1) is 0 Å². The van der Waals surface area contributed by atoms with Crippen molar-refractivity contribution in [3.05, 3.63) is 0 Å². The van der Waals surface area contributed by atoms with Crippen LogP contribution in [0.4, 0.5) is 0 Å². The lowest BCUT2D eigenvalue weighted by Crippen LogP contribution is -2.36. The number of rotatable bonds is 9. The van der Waals surface area contributed by atoms with Crippen LogP contribution < -0.4 is 5.32 Å². The van der Waals surface area contributed by atoms with Crippen LogP contribution in [0.25, 0.3) is 0 Å². The summed E-state index contributed by atoms with van der Waals surface area (Å²) in [6, 6.07) is 0.674. The van der Waals surface area contributed by atoms with E-state index in [-0.39, 0.29) is 0 Å². The lowest BCUT2D eigenvalue weighted by molar-refractivity contribution is 0.195. The van der Waals surface area contributed by atoms with Gasteiger partial charge < -0.3 is 10.2 Å². The molecule has 0 spiro atoms. The van der Waals surface area contributed by atoms with E-state index in [0.29, 0.717) is 6.04 Å². The van der Waals surface area contributed by atoms with Gasteiger partial charge in [-0.2, -0.15) is 0 Å². The summed E-state index contributed by atoms with van der Waals surface area (Å²) in [6.07, 6.45) is 1.26. The molecule has 0 aromatic rings. The van der Waals surface area contributed by atoms with Crippen LogP contribution in [0.15, 0.2) is 0 Å². The molecule has 1 N–H and O–H groups in total. The van der Waals surface area contributed by atoms with Crippen LogP contribution in [-0.2, 0) is 0 Å². The summed E-state index contributed by atoms with van der Waals surface area (Å²) >= 11 is 0. The summed E-state index contributed by atoms with van der Waals surface area (Å²) in [6.45, 7) is 18.4. The summed E-state index contributed by atoms with van der Waals surface area (Å²) < 4.78 is 0. The number of hydrogen-bond acceptors (Lipinski definition) is 2. The highest BCUT2D eigenvalue weighted by atomic mass is 15.1. The van der Waals surface area contributed by atoms with E-state index in [9.17, 15) is 0 Å². The first-order valence-electron chi connectivity index (χ1n) is 6.88. The van der Waals surface area contributed by atoms with Crippen molar-refractivity contribution in [3.63, 3.8) is 0 Å². The summed E-state index contributed by atoms with van der Waals surface area (Å²) in [7, 11) is 0. The largest absolute Gasteiger partial charge is 0.316 e. The van der Waals surface area contributed by atoms with E-state index in [1.165, 1.54) is 19.5 Å². The maximum atomic E-state index is 3.51. The molecular formula is C14H32N2. The zero-order chi connectivity index (χ0) is 12.6. The quantitative estimate of drug-likeness (QED) is 0.610. The van der Waals surface area contributed by atoms with Crippen LogP contribution in [0.3, 0.4) is 0 Å². The average Bonchev–Trinajstić information content (AvgIpc) is 2.14. The lowest BCUT2D eigenvalue weighted by atomic mass is 10.1. The molecule has 2 heteroatoms. The molecule has 0 aliphatic carbocycles. The van der Waals surface area contributed by atoms with Crippen LogP contribution in [-0.4, -0.2) is 37.1 Å². The van der Waals surface area contributed by atoms with Crippen molar-refractivity contribution in [2.45, 2.75) is 54.0 Å². The first-order valence-corrected chi connectivity index (χ1v) is 6.88. The van der Waals surface area contributed by atoms with Crippen LogP contribution >= 0.6 is 0 Å². The van der Waals surface area contributed by atoms with Gasteiger partial charge in [0, 0.05) is 12.6 Å². The third-order valence-corrected chi connectivity index (χ3v) is 2.68. The molecule has 2 nitrogen and oxygen atoms in total. The van der Waals surface area contributed by atoms with E-state index in [0.717, 1.165) is 24.9 Å². The summed E-state index contributed by atoms with van der Waals surface area (Å²) in [5.74, 6) is 1.53. The van der Waals surface area contributed by atoms with Crippen LogP contribution in [0.2, 0.25) is 0 Å². The molecule has 0 saturated carbocycles. The third-order valence-electron chi connectivity index (χ3n) is 2.68. The van der Waals surface area contributed by atoms with Gasteiger partial charge in [-0.15, -0.1) is 0 Å². The smallest absolute Gasteiger partial charge is 0.00387 e. The van der Waals surface area contributed by atoms with Crippen molar-refractivity contribution < 1.29 is 0 Å². The fourth-order valence-corrected chi connectivity index (χ4v) is 1.83. The second-order valence-corrected chi connectivity index (χ2v) is 5.93. The van der Waals surface area contributed by atoms with Gasteiger partial charge in [-0.3, -0.25) is 0 Å². The Hall–Kier alpha value is -0.0800. The van der Waals surface area contributed by atoms with Crippen molar-refractivity contribution >= 4 is 0 Å². The molecule has 0 aromatic carbocycles. The molecule has 0 amide bonds. The van der Waals surface area contributed by atoms with Gasteiger partial charge >= 0.3 is 0 Å². The fourth-order valence-electron chi connectivity index (χ4n) is 1.83. The first-order chi connectivity index (χ1) is 7.43. The molecule has 0 heterocycles. The van der Waals surface area contributed by atoms with E-state index < -0.39 is 0 Å². The van der Waals surface area contributed by atoms with E-state index in [4.69, 9.17) is 0 Å². The summed E-state index contributed by atoms with van der Waals surface area (Å²) in [5, 5.41) is 3.51. The van der Waals surface area contributed by atoms with Crippen molar-refractivity contribution in [3.8, 4) is 0 Å². The second kappa shape index (κ2) is 9.00. The molecule has 0 saturated heterocycles. The minimum absolute atomic E-state index is 0.674. The normalized spacial score (nSPS) is 12.4. The number of nitrogens with zero attached hydrogens (tertiary/aromatic N) is 1. The molecule has 0 aromatic heterocycles. The molecule has 98 valence electrons. The zero-order valence-electron chi connectivity index (χ0n) is 12.2. The van der Waals surface area contributed by atoms with Gasteiger partial charge in [-0.25, -0.2) is 0 Å². The monoisotopic (exact) mass is 228 g/mol. The van der Waals surface area contributed by atoms with Gasteiger partial charge in [0.2, 0.25) is 0 Å². The lowest BCUT2D eigenvalue weighted by Gasteiger charge is -2.28. The Balaban J connectivity index is 3.60. The predicted molar refractivity (Wildman–Crippen MR) is 73.9 cm³/mol. The maximum absolute atomic E-state index is 3.51. The molecule has 0 bridgehead atoms. The van der Waals surface area contributed by atoms with Gasteiger partial charge in [-0.1, -0.05) is 27.7 Å². The Kier molecular flexibility index (Phi) is 8.96. The van der Waals surface area contributed by atoms with Gasteiger partial charge in [0.1, 0.15) is 0 Å². The number of nitrogens with one attached hydrogen (secondary N) is 1. The molecule has 0 aliphatic heterocycles. The van der Waals surface area contributed by atoms with Crippen LogP contribution in [0, 0.1) is 11.8 Å². The van der Waals surface area contributed by atoms with Crippen LogP contribution in [0.5, 0.6) is 0 Å². The molecule has 0 atom stereocenters. The van der Waals surface area contributed by atoms with Gasteiger partial charge in [-0.05, 0) is 51.7 Å². The van der Waals surface area contributed by atoms with E-state index >= 15 is 0 Å². The highest BCUT2D eigenvalue weighted by molar-refractivity contribution is 4.65. The Morgan fingerprint density at radius 1 is 0.938 bits per heavy atom. The fraction of sp³-hybridized carbons (Fsp3) is 1.00. The third kappa shape index (κ3) is 9.17. The highest BCUT2D eigenvalue weighted by Crippen LogP contribution is 2.04. The van der Waals surface area contributed by atoms with Crippen LogP contribution in [0.1, 0.15) is 48.0 Å². The van der Waals surface area contributed by atoms with Crippen molar-refractivity contribution in [2.24, 2.45) is 11.8 Å². The van der Waals surface area contributed by atoms with Gasteiger partial charge in [0.25, 0.3) is 0 Å². The van der Waals surface area contributed by atoms with Crippen molar-refractivity contribution in [2.75, 3.05) is 26.2 Å². The van der Waals surface area contributed by atoms with Crippen molar-refractivity contribution in [1.82, 2.24) is 10.2 Å². The summed E-state index contributed by atoms with van der Waals surface area (Å²) in [5.41, 5.74) is 0. The van der Waals surface area contributed by atoms with Gasteiger partial charge in [0.15, 0.2) is 0 Å². The van der Waals surface area contributed by atoms with Crippen molar-refractivity contribution in [1.29, 1.82) is 0 Å². The minimum Gasteiger partial charge on any atom is -0.316 e. The van der Waals surface area contributed by atoms with E-state index in [1.807, 2.05) is 0 Å². The average molecular weight is 228 g/mol. The predicted octanol–water partition coefficient (Wildman–Crippen LogP) is 2.99. The topological polar surface area (TPSA) is 15.3 Å². The van der Waals surface area contributed by atoms with E-state index in [1.54, 1.807) is 0 Å². The Morgan fingerprint density at radius 2 is 1.56 bits per heavy atom. The molecule has 0 radical (unpaired) electrons. The number of hydrogen-bond donors (Lipinski definition) is 1. The second-order valence-electron chi connectivity index (χ2n) is 5.93. The zero-order valence-corrected chi connectivity index (χ0v) is 12.2. The molecule has 0 aliphatic rings. The SMILES string of the molecule is CC(C)CNCCCN(CC(C)C)C(C)C. The minimum atomic E-state index is 0.674. The molecular weight excluding hydrogens is 196 g/mol. The molecule has 16 heavy (non-hydrogen) atoms. The standard InChI is InChI=1S/C14H32N2/c1-12(2)10-15-8-7-9-16(14(5)6)11-13(3)4/h12-15H,7-11H2,1-6H3. The van der Waals surface area contributed by atoms with E-state index in [2.05, 4.69) is 51.8 Å². The maximum Gasteiger partial charge on any atom is 0.00387 e. The Labute approximate surface area is 103 Å². The first kappa shape index (κ1) is 15.9. The summed E-state index contributed by atoms with van der Waals surface area (Å²) in [4.78, 5) is 2.59. The molecule has 0 fully saturated rings. The molecule has 0 rings (SSSR count). The Morgan fingerprint density at radius 3 is 2.00 bits per heavy atom. The highest BCUT2D eigenvalue weighted by Gasteiger charge is 2.10.